The molecule has 106 valence electrons. The standard InChI is InChI=1S/C16H13F2N3/c17-11-2-1-10(14(18)7-11)8-21-16-4-3-15(19)13-9-20-6-5-12(13)16/h1-7,9,21H,8,19H2. The molecule has 0 radical (unpaired) electrons. The predicted molar refractivity (Wildman–Crippen MR) is 79.8 cm³/mol. The van der Waals surface area contributed by atoms with Gasteiger partial charge in [0.15, 0.2) is 0 Å². The highest BCUT2D eigenvalue weighted by Crippen LogP contribution is 2.27. The van der Waals surface area contributed by atoms with Gasteiger partial charge in [-0.05, 0) is 24.3 Å². The second-order valence-corrected chi connectivity index (χ2v) is 4.71. The summed E-state index contributed by atoms with van der Waals surface area (Å²) in [5.41, 5.74) is 7.76. The fourth-order valence-corrected chi connectivity index (χ4v) is 2.22. The van der Waals surface area contributed by atoms with Gasteiger partial charge in [-0.25, -0.2) is 8.78 Å². The Morgan fingerprint density at radius 2 is 1.90 bits per heavy atom. The number of nitrogens with zero attached hydrogens (tertiary/aromatic N) is 1. The number of aromatic nitrogens is 1. The van der Waals surface area contributed by atoms with Crippen LogP contribution < -0.4 is 11.1 Å². The number of anilines is 2. The maximum absolute atomic E-state index is 13.6. The van der Waals surface area contributed by atoms with Gasteiger partial charge >= 0.3 is 0 Å². The summed E-state index contributed by atoms with van der Waals surface area (Å²) in [6, 6.07) is 8.99. The molecule has 1 heterocycles. The molecule has 0 unspecified atom stereocenters. The zero-order valence-corrected chi connectivity index (χ0v) is 11.1. The molecule has 0 aliphatic rings. The minimum absolute atomic E-state index is 0.257. The molecular weight excluding hydrogens is 272 g/mol. The largest absolute Gasteiger partial charge is 0.398 e. The van der Waals surface area contributed by atoms with Crippen LogP contribution in [-0.4, -0.2) is 4.98 Å². The predicted octanol–water partition coefficient (Wildman–Crippen LogP) is 3.71. The summed E-state index contributed by atoms with van der Waals surface area (Å²) in [5.74, 6) is -1.15. The van der Waals surface area contributed by atoms with E-state index in [-0.39, 0.29) is 6.54 Å². The van der Waals surface area contributed by atoms with Crippen LogP contribution in [0.5, 0.6) is 0 Å². The van der Waals surface area contributed by atoms with E-state index < -0.39 is 11.6 Å². The van der Waals surface area contributed by atoms with Crippen LogP contribution in [0.15, 0.2) is 48.8 Å². The fourth-order valence-electron chi connectivity index (χ4n) is 2.22. The number of fused-ring (bicyclic) bond motifs is 1. The molecule has 3 aromatic rings. The highest BCUT2D eigenvalue weighted by Gasteiger charge is 2.06. The topological polar surface area (TPSA) is 50.9 Å². The number of nitrogens with one attached hydrogen (secondary N) is 1. The molecule has 3 rings (SSSR count). The van der Waals surface area contributed by atoms with Gasteiger partial charge in [-0.3, -0.25) is 4.98 Å². The molecule has 0 spiro atoms. The molecule has 3 N–H and O–H groups in total. The van der Waals surface area contributed by atoms with Crippen LogP contribution in [0.2, 0.25) is 0 Å². The lowest BCUT2D eigenvalue weighted by Crippen LogP contribution is -2.03. The summed E-state index contributed by atoms with van der Waals surface area (Å²) < 4.78 is 26.5. The number of nitrogen functional groups attached to an aromatic ring is 1. The Balaban J connectivity index is 1.90. The van der Waals surface area contributed by atoms with Gasteiger partial charge in [0, 0.05) is 52.7 Å². The van der Waals surface area contributed by atoms with E-state index in [1.54, 1.807) is 18.5 Å². The van der Waals surface area contributed by atoms with E-state index in [0.717, 1.165) is 22.5 Å². The van der Waals surface area contributed by atoms with Crippen molar-refractivity contribution in [2.75, 3.05) is 11.1 Å². The number of nitrogens with two attached hydrogens (primary N) is 1. The average Bonchev–Trinajstić information content (AvgIpc) is 2.48. The van der Waals surface area contributed by atoms with Crippen LogP contribution in [0, 0.1) is 11.6 Å². The summed E-state index contributed by atoms with van der Waals surface area (Å²) in [6.07, 6.45) is 3.36. The van der Waals surface area contributed by atoms with Gasteiger partial charge in [-0.1, -0.05) is 6.07 Å². The highest BCUT2D eigenvalue weighted by molar-refractivity contribution is 6.00. The maximum atomic E-state index is 13.6. The number of hydrogen-bond donors (Lipinski definition) is 2. The molecule has 3 nitrogen and oxygen atoms in total. The molecule has 0 aliphatic heterocycles. The van der Waals surface area contributed by atoms with E-state index in [1.807, 2.05) is 12.1 Å². The fraction of sp³-hybridized carbons (Fsp3) is 0.0625. The van der Waals surface area contributed by atoms with Crippen LogP contribution in [0.25, 0.3) is 10.8 Å². The summed E-state index contributed by atoms with van der Waals surface area (Å²) in [7, 11) is 0. The molecule has 0 saturated heterocycles. The van der Waals surface area contributed by atoms with Gasteiger partial charge in [0.05, 0.1) is 0 Å². The summed E-state index contributed by atoms with van der Waals surface area (Å²) in [5, 5.41) is 4.89. The van der Waals surface area contributed by atoms with Crippen molar-refractivity contribution in [2.45, 2.75) is 6.54 Å². The molecule has 0 aliphatic carbocycles. The van der Waals surface area contributed by atoms with Crippen LogP contribution in [-0.2, 0) is 6.54 Å². The minimum Gasteiger partial charge on any atom is -0.398 e. The first-order chi connectivity index (χ1) is 10.1. The van der Waals surface area contributed by atoms with Crippen LogP contribution in [0.3, 0.4) is 0 Å². The summed E-state index contributed by atoms with van der Waals surface area (Å²) >= 11 is 0. The highest BCUT2D eigenvalue weighted by atomic mass is 19.1. The van der Waals surface area contributed by atoms with Crippen LogP contribution in [0.4, 0.5) is 20.2 Å². The van der Waals surface area contributed by atoms with Crippen molar-refractivity contribution in [2.24, 2.45) is 0 Å². The molecule has 0 bridgehead atoms. The number of rotatable bonds is 3. The lowest BCUT2D eigenvalue weighted by Gasteiger charge is -2.11. The molecule has 0 saturated carbocycles. The van der Waals surface area contributed by atoms with Crippen molar-refractivity contribution in [3.05, 3.63) is 66.0 Å². The quantitative estimate of drug-likeness (QED) is 0.721. The molecule has 1 aromatic heterocycles. The molecule has 2 aromatic carbocycles. The number of hydrogen-bond acceptors (Lipinski definition) is 3. The smallest absolute Gasteiger partial charge is 0.131 e. The first-order valence-electron chi connectivity index (χ1n) is 6.45. The van der Waals surface area contributed by atoms with E-state index in [2.05, 4.69) is 10.3 Å². The first-order valence-corrected chi connectivity index (χ1v) is 6.45. The molecule has 0 atom stereocenters. The third-order valence-corrected chi connectivity index (χ3v) is 3.34. The van der Waals surface area contributed by atoms with Gasteiger partial charge in [0.1, 0.15) is 11.6 Å². The Hall–Kier alpha value is -2.69. The van der Waals surface area contributed by atoms with E-state index in [1.165, 1.54) is 12.1 Å². The third kappa shape index (κ3) is 2.63. The van der Waals surface area contributed by atoms with Crippen molar-refractivity contribution >= 4 is 22.1 Å². The van der Waals surface area contributed by atoms with Gasteiger partial charge in [0.2, 0.25) is 0 Å². The Morgan fingerprint density at radius 1 is 1.05 bits per heavy atom. The Morgan fingerprint density at radius 3 is 2.71 bits per heavy atom. The zero-order valence-electron chi connectivity index (χ0n) is 11.1. The molecule has 0 amide bonds. The Bertz CT molecular complexity index is 803. The van der Waals surface area contributed by atoms with E-state index in [0.29, 0.717) is 11.3 Å². The summed E-state index contributed by atoms with van der Waals surface area (Å²) in [4.78, 5) is 4.05. The van der Waals surface area contributed by atoms with Crippen LogP contribution >= 0.6 is 0 Å². The maximum Gasteiger partial charge on any atom is 0.131 e. The third-order valence-electron chi connectivity index (χ3n) is 3.34. The van der Waals surface area contributed by atoms with E-state index in [9.17, 15) is 8.78 Å². The summed E-state index contributed by atoms with van der Waals surface area (Å²) in [6.45, 7) is 0.257. The van der Waals surface area contributed by atoms with Crippen LogP contribution in [0.1, 0.15) is 5.56 Å². The zero-order chi connectivity index (χ0) is 14.8. The van der Waals surface area contributed by atoms with Crippen molar-refractivity contribution in [1.82, 2.24) is 4.98 Å². The molecule has 0 fully saturated rings. The lowest BCUT2D eigenvalue weighted by atomic mass is 10.1. The molecular formula is C16H13F2N3. The number of halogens is 2. The lowest BCUT2D eigenvalue weighted by molar-refractivity contribution is 0.574. The van der Waals surface area contributed by atoms with Crippen molar-refractivity contribution in [1.29, 1.82) is 0 Å². The van der Waals surface area contributed by atoms with Gasteiger partial charge < -0.3 is 11.1 Å². The van der Waals surface area contributed by atoms with Gasteiger partial charge in [-0.15, -0.1) is 0 Å². The Kier molecular flexibility index (Phi) is 3.39. The van der Waals surface area contributed by atoms with Crippen molar-refractivity contribution in [3.63, 3.8) is 0 Å². The Labute approximate surface area is 120 Å². The minimum atomic E-state index is -0.583. The van der Waals surface area contributed by atoms with E-state index in [4.69, 9.17) is 5.73 Å². The first kappa shape index (κ1) is 13.3. The van der Waals surface area contributed by atoms with E-state index >= 15 is 0 Å². The molecule has 21 heavy (non-hydrogen) atoms. The molecule has 5 heteroatoms. The van der Waals surface area contributed by atoms with Gasteiger partial charge in [-0.2, -0.15) is 0 Å². The average molecular weight is 285 g/mol. The van der Waals surface area contributed by atoms with Gasteiger partial charge in [0.25, 0.3) is 0 Å². The monoisotopic (exact) mass is 285 g/mol. The second kappa shape index (κ2) is 5.36. The van der Waals surface area contributed by atoms with Crippen molar-refractivity contribution in [3.8, 4) is 0 Å². The number of benzene rings is 2. The number of pyridine rings is 1. The normalized spacial score (nSPS) is 10.8. The SMILES string of the molecule is Nc1ccc(NCc2ccc(F)cc2F)c2ccncc12. The second-order valence-electron chi connectivity index (χ2n) is 4.71. The van der Waals surface area contributed by atoms with Crippen molar-refractivity contribution < 1.29 is 8.78 Å².